The van der Waals surface area contributed by atoms with Crippen molar-refractivity contribution in [3.63, 3.8) is 0 Å². The predicted molar refractivity (Wildman–Crippen MR) is 80.3 cm³/mol. The van der Waals surface area contributed by atoms with E-state index in [1.54, 1.807) is 22.6 Å². The average Bonchev–Trinajstić information content (AvgIpc) is 3.02. The summed E-state index contributed by atoms with van der Waals surface area (Å²) >= 11 is 0. The number of hydrogen-bond donors (Lipinski definition) is 1. The zero-order valence-electron chi connectivity index (χ0n) is 12.4. The third-order valence-electron chi connectivity index (χ3n) is 3.70. The molecule has 0 aliphatic heterocycles. The van der Waals surface area contributed by atoms with Crippen molar-refractivity contribution in [3.8, 4) is 5.75 Å². The Hall–Kier alpha value is -2.96. The second-order valence-corrected chi connectivity index (χ2v) is 4.99. The summed E-state index contributed by atoms with van der Waals surface area (Å²) in [5.74, 6) is -0.899. The van der Waals surface area contributed by atoms with Gasteiger partial charge in [-0.3, -0.25) is 4.40 Å². The Kier molecular flexibility index (Phi) is 3.92. The van der Waals surface area contributed by atoms with Crippen molar-refractivity contribution in [2.24, 2.45) is 0 Å². The Balaban J connectivity index is 1.93. The highest BCUT2D eigenvalue weighted by molar-refractivity contribution is 5.94. The maximum atomic E-state index is 14.0. The summed E-state index contributed by atoms with van der Waals surface area (Å²) in [7, 11) is 1.50. The number of aromatic carboxylic acids is 1. The fraction of sp³-hybridized carbons (Fsp3) is 0.188. The minimum absolute atomic E-state index is 0.0784. The molecule has 0 spiro atoms. The van der Waals surface area contributed by atoms with Crippen LogP contribution in [0.1, 0.15) is 21.6 Å². The summed E-state index contributed by atoms with van der Waals surface area (Å²) in [5.41, 5.74) is 1.63. The molecule has 0 aliphatic rings. The van der Waals surface area contributed by atoms with Crippen LogP contribution in [0, 0.1) is 5.82 Å². The molecular formula is C16H14FN3O3. The van der Waals surface area contributed by atoms with Gasteiger partial charge in [0.2, 0.25) is 0 Å². The largest absolute Gasteiger partial charge is 0.496 e. The first-order chi connectivity index (χ1) is 11.1. The number of pyridine rings is 1. The molecule has 3 rings (SSSR count). The van der Waals surface area contributed by atoms with Crippen LogP contribution in [0.25, 0.3) is 5.65 Å². The number of halogens is 1. The number of hydrogen-bond acceptors (Lipinski definition) is 4. The van der Waals surface area contributed by atoms with Gasteiger partial charge in [0, 0.05) is 11.3 Å². The molecule has 0 radical (unpaired) electrons. The first-order valence-corrected chi connectivity index (χ1v) is 6.98. The summed E-state index contributed by atoms with van der Waals surface area (Å²) in [6.07, 6.45) is 2.36. The van der Waals surface area contributed by atoms with Crippen LogP contribution in [-0.4, -0.2) is 32.8 Å². The summed E-state index contributed by atoms with van der Waals surface area (Å²) < 4.78 is 20.8. The van der Waals surface area contributed by atoms with Gasteiger partial charge in [-0.05, 0) is 37.1 Å². The standard InChI is InChI=1S/C16H14FN3O3/c1-23-14-4-2-3-13(17)11(14)7-5-10-6-8-12(16(21)22)15-19-18-9-20(10)15/h2-4,6,8-9H,5,7H2,1H3,(H,21,22). The molecule has 0 bridgehead atoms. The van der Waals surface area contributed by atoms with E-state index in [9.17, 15) is 9.18 Å². The van der Waals surface area contributed by atoms with Crippen molar-refractivity contribution in [1.29, 1.82) is 0 Å². The molecule has 2 heterocycles. The quantitative estimate of drug-likeness (QED) is 0.782. The van der Waals surface area contributed by atoms with Crippen LogP contribution >= 0.6 is 0 Å². The molecule has 118 valence electrons. The Morgan fingerprint density at radius 1 is 1.30 bits per heavy atom. The molecule has 0 aliphatic carbocycles. The number of ether oxygens (including phenoxy) is 1. The summed E-state index contributed by atoms with van der Waals surface area (Å²) in [6, 6.07) is 7.87. The number of rotatable bonds is 5. The molecule has 1 aromatic carbocycles. The molecular weight excluding hydrogens is 301 g/mol. The van der Waals surface area contributed by atoms with Crippen LogP contribution < -0.4 is 4.74 Å². The lowest BCUT2D eigenvalue weighted by atomic mass is 10.1. The monoisotopic (exact) mass is 315 g/mol. The maximum absolute atomic E-state index is 14.0. The predicted octanol–water partition coefficient (Wildman–Crippen LogP) is 2.36. The highest BCUT2D eigenvalue weighted by Crippen LogP contribution is 2.23. The van der Waals surface area contributed by atoms with Crippen LogP contribution in [-0.2, 0) is 12.8 Å². The van der Waals surface area contributed by atoms with Gasteiger partial charge in [-0.25, -0.2) is 9.18 Å². The van der Waals surface area contributed by atoms with Gasteiger partial charge in [-0.1, -0.05) is 6.07 Å². The lowest BCUT2D eigenvalue weighted by Gasteiger charge is -2.10. The molecule has 23 heavy (non-hydrogen) atoms. The fourth-order valence-corrected chi connectivity index (χ4v) is 2.56. The van der Waals surface area contributed by atoms with Gasteiger partial charge in [0.15, 0.2) is 5.65 Å². The molecule has 0 fully saturated rings. The van der Waals surface area contributed by atoms with E-state index < -0.39 is 5.97 Å². The molecule has 0 amide bonds. The smallest absolute Gasteiger partial charge is 0.339 e. The number of aromatic nitrogens is 3. The Bertz CT molecular complexity index is 876. The van der Waals surface area contributed by atoms with Crippen molar-refractivity contribution in [1.82, 2.24) is 14.6 Å². The first-order valence-electron chi connectivity index (χ1n) is 6.98. The Morgan fingerprint density at radius 3 is 2.87 bits per heavy atom. The lowest BCUT2D eigenvalue weighted by molar-refractivity contribution is 0.0698. The van der Waals surface area contributed by atoms with Crippen molar-refractivity contribution < 1.29 is 19.0 Å². The van der Waals surface area contributed by atoms with Crippen LogP contribution in [0.15, 0.2) is 36.7 Å². The molecule has 0 saturated carbocycles. The molecule has 6 nitrogen and oxygen atoms in total. The molecule has 2 aromatic heterocycles. The van der Waals surface area contributed by atoms with E-state index >= 15 is 0 Å². The maximum Gasteiger partial charge on any atom is 0.339 e. The molecule has 0 atom stereocenters. The third-order valence-corrected chi connectivity index (χ3v) is 3.70. The minimum Gasteiger partial charge on any atom is -0.496 e. The SMILES string of the molecule is COc1cccc(F)c1CCc1ccc(C(=O)O)c2nncn12. The van der Waals surface area contributed by atoms with Crippen molar-refractivity contribution in [2.45, 2.75) is 12.8 Å². The molecule has 1 N–H and O–H groups in total. The first kappa shape index (κ1) is 15.0. The van der Waals surface area contributed by atoms with E-state index in [1.165, 1.54) is 25.6 Å². The van der Waals surface area contributed by atoms with Gasteiger partial charge < -0.3 is 9.84 Å². The van der Waals surface area contributed by atoms with Gasteiger partial charge in [0.25, 0.3) is 0 Å². The zero-order valence-corrected chi connectivity index (χ0v) is 12.4. The number of fused-ring (bicyclic) bond motifs is 1. The van der Waals surface area contributed by atoms with E-state index in [4.69, 9.17) is 9.84 Å². The van der Waals surface area contributed by atoms with Crippen LogP contribution in [0.2, 0.25) is 0 Å². The molecule has 7 heteroatoms. The number of carboxylic acid groups (broad SMARTS) is 1. The molecule has 0 saturated heterocycles. The van der Waals surface area contributed by atoms with Gasteiger partial charge in [0.05, 0.1) is 7.11 Å². The number of carboxylic acids is 1. The van der Waals surface area contributed by atoms with Crippen molar-refractivity contribution >= 4 is 11.6 Å². The summed E-state index contributed by atoms with van der Waals surface area (Å²) in [5, 5.41) is 16.8. The number of benzene rings is 1. The third kappa shape index (κ3) is 2.73. The zero-order chi connectivity index (χ0) is 16.4. The average molecular weight is 315 g/mol. The van der Waals surface area contributed by atoms with Gasteiger partial charge in [0.1, 0.15) is 23.5 Å². The Morgan fingerprint density at radius 2 is 2.13 bits per heavy atom. The fourth-order valence-electron chi connectivity index (χ4n) is 2.56. The van der Waals surface area contributed by atoms with Gasteiger partial charge >= 0.3 is 5.97 Å². The summed E-state index contributed by atoms with van der Waals surface area (Å²) in [6.45, 7) is 0. The number of nitrogens with zero attached hydrogens (tertiary/aromatic N) is 3. The van der Waals surface area contributed by atoms with Crippen molar-refractivity contribution in [2.75, 3.05) is 7.11 Å². The van der Waals surface area contributed by atoms with E-state index in [0.29, 0.717) is 24.2 Å². The topological polar surface area (TPSA) is 76.7 Å². The second kappa shape index (κ2) is 6.04. The number of methoxy groups -OCH3 is 1. The lowest BCUT2D eigenvalue weighted by Crippen LogP contribution is -2.06. The van der Waals surface area contributed by atoms with Crippen LogP contribution in [0.5, 0.6) is 5.75 Å². The normalized spacial score (nSPS) is 10.9. The minimum atomic E-state index is -1.06. The number of aryl methyl sites for hydroxylation is 1. The van der Waals surface area contributed by atoms with Gasteiger partial charge in [-0.15, -0.1) is 10.2 Å². The van der Waals surface area contributed by atoms with E-state index in [2.05, 4.69) is 10.2 Å². The Labute approximate surface area is 131 Å². The van der Waals surface area contributed by atoms with E-state index in [-0.39, 0.29) is 17.0 Å². The number of carbonyl (C=O) groups is 1. The molecule has 0 unspecified atom stereocenters. The summed E-state index contributed by atoms with van der Waals surface area (Å²) in [4.78, 5) is 11.2. The highest BCUT2D eigenvalue weighted by Gasteiger charge is 2.15. The molecule has 3 aromatic rings. The van der Waals surface area contributed by atoms with E-state index in [1.807, 2.05) is 0 Å². The second-order valence-electron chi connectivity index (χ2n) is 4.99. The van der Waals surface area contributed by atoms with Crippen LogP contribution in [0.3, 0.4) is 0 Å². The van der Waals surface area contributed by atoms with Crippen LogP contribution in [0.4, 0.5) is 4.39 Å². The highest BCUT2D eigenvalue weighted by atomic mass is 19.1. The van der Waals surface area contributed by atoms with E-state index in [0.717, 1.165) is 5.69 Å². The van der Waals surface area contributed by atoms with Gasteiger partial charge in [-0.2, -0.15) is 0 Å². The van der Waals surface area contributed by atoms with Crippen molar-refractivity contribution in [3.05, 3.63) is 59.3 Å².